The molecule has 0 radical (unpaired) electrons. The van der Waals surface area contributed by atoms with Crippen LogP contribution in [0.1, 0.15) is 5.56 Å². The van der Waals surface area contributed by atoms with Crippen LogP contribution in [-0.2, 0) is 16.0 Å². The summed E-state index contributed by atoms with van der Waals surface area (Å²) in [7, 11) is 0. The summed E-state index contributed by atoms with van der Waals surface area (Å²) in [5, 5.41) is 13.4. The van der Waals surface area contributed by atoms with Crippen molar-refractivity contribution in [2.45, 2.75) is 12.5 Å². The number of amides is 3. The van der Waals surface area contributed by atoms with E-state index >= 15 is 0 Å². The van der Waals surface area contributed by atoms with Crippen molar-refractivity contribution >= 4 is 28.4 Å². The minimum atomic E-state index is -0.707. The molecule has 2 N–H and O–H groups in total. The molecule has 9 heteroatoms. The van der Waals surface area contributed by atoms with E-state index in [4.69, 9.17) is 4.74 Å². The predicted molar refractivity (Wildman–Crippen MR) is 93.4 cm³/mol. The lowest BCUT2D eigenvalue weighted by molar-refractivity contribution is -0.118. The molecule has 3 rings (SSSR count). The Morgan fingerprint density at radius 2 is 2.00 bits per heavy atom. The van der Waals surface area contributed by atoms with Crippen LogP contribution >= 0.6 is 11.3 Å². The van der Waals surface area contributed by atoms with Gasteiger partial charge >= 0.3 is 6.03 Å². The monoisotopic (exact) mass is 361 g/mol. The third-order valence-electron chi connectivity index (χ3n) is 3.79. The molecule has 3 amide bonds. The lowest BCUT2D eigenvalue weighted by Crippen LogP contribution is -2.53. The average molecular weight is 361 g/mol. The Labute approximate surface area is 149 Å². The highest BCUT2D eigenvalue weighted by Gasteiger charge is 2.25. The number of benzene rings is 1. The SMILES string of the molecule is O=C(Nc1nncs1)C(Cc1ccccc1)NC(=O)N1CCOCC1. The average Bonchev–Trinajstić information content (AvgIpc) is 3.15. The van der Waals surface area contributed by atoms with Crippen LogP contribution in [0.5, 0.6) is 0 Å². The smallest absolute Gasteiger partial charge is 0.318 e. The van der Waals surface area contributed by atoms with E-state index in [2.05, 4.69) is 20.8 Å². The zero-order chi connectivity index (χ0) is 17.5. The maximum absolute atomic E-state index is 12.6. The second-order valence-electron chi connectivity index (χ2n) is 5.52. The lowest BCUT2D eigenvalue weighted by Gasteiger charge is -2.29. The van der Waals surface area contributed by atoms with Crippen LogP contribution < -0.4 is 10.6 Å². The molecule has 0 bridgehead atoms. The van der Waals surface area contributed by atoms with Gasteiger partial charge in [-0.1, -0.05) is 41.7 Å². The number of hydrogen-bond acceptors (Lipinski definition) is 6. The maximum atomic E-state index is 12.6. The van der Waals surface area contributed by atoms with Gasteiger partial charge in [-0.05, 0) is 5.56 Å². The largest absolute Gasteiger partial charge is 0.378 e. The second kappa shape index (κ2) is 8.54. The number of urea groups is 1. The Bertz CT molecular complexity index is 689. The van der Waals surface area contributed by atoms with Gasteiger partial charge in [0.25, 0.3) is 0 Å². The van der Waals surface area contributed by atoms with Gasteiger partial charge in [0.05, 0.1) is 13.2 Å². The van der Waals surface area contributed by atoms with Gasteiger partial charge in [-0.25, -0.2) is 4.79 Å². The number of rotatable bonds is 5. The molecule has 1 fully saturated rings. The van der Waals surface area contributed by atoms with Crippen molar-refractivity contribution in [3.63, 3.8) is 0 Å². The van der Waals surface area contributed by atoms with Crippen LogP contribution in [0.4, 0.5) is 9.93 Å². The number of carbonyl (C=O) groups excluding carboxylic acids is 2. The summed E-state index contributed by atoms with van der Waals surface area (Å²) >= 11 is 1.23. The maximum Gasteiger partial charge on any atom is 0.318 e. The minimum Gasteiger partial charge on any atom is -0.378 e. The summed E-state index contributed by atoms with van der Waals surface area (Å²) in [6.07, 6.45) is 0.390. The van der Waals surface area contributed by atoms with Crippen molar-refractivity contribution < 1.29 is 14.3 Å². The normalized spacial score (nSPS) is 15.4. The van der Waals surface area contributed by atoms with E-state index in [9.17, 15) is 9.59 Å². The summed E-state index contributed by atoms with van der Waals surface area (Å²) in [4.78, 5) is 26.7. The number of anilines is 1. The Morgan fingerprint density at radius 1 is 1.24 bits per heavy atom. The van der Waals surface area contributed by atoms with E-state index in [1.165, 1.54) is 16.8 Å². The van der Waals surface area contributed by atoms with Crippen molar-refractivity contribution in [2.75, 3.05) is 31.6 Å². The van der Waals surface area contributed by atoms with E-state index in [0.29, 0.717) is 37.9 Å². The Kier molecular flexibility index (Phi) is 5.91. The fourth-order valence-electron chi connectivity index (χ4n) is 2.49. The summed E-state index contributed by atoms with van der Waals surface area (Å²) in [6.45, 7) is 2.05. The molecule has 1 atom stereocenters. The Balaban J connectivity index is 1.68. The fraction of sp³-hybridized carbons (Fsp3) is 0.375. The molecule has 2 heterocycles. The molecule has 1 saturated heterocycles. The quantitative estimate of drug-likeness (QED) is 0.832. The van der Waals surface area contributed by atoms with Crippen LogP contribution in [0.15, 0.2) is 35.8 Å². The molecule has 25 heavy (non-hydrogen) atoms. The summed E-state index contributed by atoms with van der Waals surface area (Å²) in [5.74, 6) is -0.317. The first-order valence-corrected chi connectivity index (χ1v) is 8.84. The molecule has 1 aliphatic heterocycles. The van der Waals surface area contributed by atoms with E-state index in [-0.39, 0.29) is 11.9 Å². The zero-order valence-electron chi connectivity index (χ0n) is 13.6. The summed E-state index contributed by atoms with van der Waals surface area (Å²) < 4.78 is 5.25. The fourth-order valence-corrected chi connectivity index (χ4v) is 2.93. The molecule has 1 aromatic carbocycles. The molecule has 8 nitrogen and oxygen atoms in total. The van der Waals surface area contributed by atoms with Crippen LogP contribution in [0.2, 0.25) is 0 Å². The first-order chi connectivity index (χ1) is 12.2. The second-order valence-corrected chi connectivity index (χ2v) is 6.36. The lowest BCUT2D eigenvalue weighted by atomic mass is 10.1. The highest BCUT2D eigenvalue weighted by Crippen LogP contribution is 2.11. The Hall–Kier alpha value is -2.52. The predicted octanol–water partition coefficient (Wildman–Crippen LogP) is 1.13. The molecule has 1 aliphatic rings. The molecule has 0 saturated carbocycles. The number of aromatic nitrogens is 2. The van der Waals surface area contributed by atoms with E-state index in [1.807, 2.05) is 30.3 Å². The van der Waals surface area contributed by atoms with Crippen LogP contribution in [0.3, 0.4) is 0 Å². The number of ether oxygens (including phenoxy) is 1. The first kappa shape index (κ1) is 17.3. The van der Waals surface area contributed by atoms with E-state index in [0.717, 1.165) is 5.56 Å². The molecule has 0 spiro atoms. The van der Waals surface area contributed by atoms with Gasteiger partial charge < -0.3 is 15.0 Å². The van der Waals surface area contributed by atoms with E-state index in [1.54, 1.807) is 4.90 Å². The van der Waals surface area contributed by atoms with Gasteiger partial charge in [-0.15, -0.1) is 10.2 Å². The van der Waals surface area contributed by atoms with Crippen molar-refractivity contribution in [3.05, 3.63) is 41.4 Å². The molecule has 0 aliphatic carbocycles. The van der Waals surface area contributed by atoms with E-state index < -0.39 is 6.04 Å². The van der Waals surface area contributed by atoms with Gasteiger partial charge in [0.1, 0.15) is 11.6 Å². The molecule has 1 unspecified atom stereocenters. The number of nitrogens with zero attached hydrogens (tertiary/aromatic N) is 3. The van der Waals surface area contributed by atoms with Gasteiger partial charge in [-0.2, -0.15) is 0 Å². The van der Waals surface area contributed by atoms with Crippen LogP contribution in [0.25, 0.3) is 0 Å². The third-order valence-corrected chi connectivity index (χ3v) is 4.39. The molecule has 132 valence electrons. The molecular weight excluding hydrogens is 342 g/mol. The van der Waals surface area contributed by atoms with Crippen LogP contribution in [0, 0.1) is 0 Å². The van der Waals surface area contributed by atoms with Gasteiger partial charge in [0.15, 0.2) is 0 Å². The molecule has 2 aromatic rings. The van der Waals surface area contributed by atoms with Crippen molar-refractivity contribution in [3.8, 4) is 0 Å². The molecule has 1 aromatic heterocycles. The van der Waals surface area contributed by atoms with Crippen molar-refractivity contribution in [1.29, 1.82) is 0 Å². The van der Waals surface area contributed by atoms with Crippen molar-refractivity contribution in [2.24, 2.45) is 0 Å². The summed E-state index contributed by atoms with van der Waals surface area (Å²) in [6, 6.07) is 8.58. The van der Waals surface area contributed by atoms with Gasteiger partial charge in [0.2, 0.25) is 11.0 Å². The number of carbonyl (C=O) groups is 2. The van der Waals surface area contributed by atoms with Crippen LogP contribution in [-0.4, -0.2) is 59.4 Å². The highest BCUT2D eigenvalue weighted by atomic mass is 32.1. The summed E-state index contributed by atoms with van der Waals surface area (Å²) in [5.41, 5.74) is 2.50. The number of hydrogen-bond donors (Lipinski definition) is 2. The zero-order valence-corrected chi connectivity index (χ0v) is 14.4. The third kappa shape index (κ3) is 4.97. The Morgan fingerprint density at radius 3 is 2.68 bits per heavy atom. The number of morpholine rings is 1. The topological polar surface area (TPSA) is 96.4 Å². The first-order valence-electron chi connectivity index (χ1n) is 7.96. The minimum absolute atomic E-state index is 0.267. The standard InChI is InChI=1S/C16H19N5O3S/c22-14(19-15-20-17-11-25-15)13(10-12-4-2-1-3-5-12)18-16(23)21-6-8-24-9-7-21/h1-5,11,13H,6-10H2,(H,18,23)(H,19,20,22). The molecular formula is C16H19N5O3S. The van der Waals surface area contributed by atoms with Gasteiger partial charge in [0, 0.05) is 19.5 Å². The van der Waals surface area contributed by atoms with Crippen molar-refractivity contribution in [1.82, 2.24) is 20.4 Å². The van der Waals surface area contributed by atoms with Gasteiger partial charge in [-0.3, -0.25) is 10.1 Å². The number of nitrogens with one attached hydrogen (secondary N) is 2. The highest BCUT2D eigenvalue weighted by molar-refractivity contribution is 7.13.